The second-order valence-electron chi connectivity index (χ2n) is 34.2. The van der Waals surface area contributed by atoms with Crippen LogP contribution in [0.2, 0.25) is 0 Å². The van der Waals surface area contributed by atoms with Gasteiger partial charge in [-0.25, -0.2) is 19.9 Å². The summed E-state index contributed by atoms with van der Waals surface area (Å²) >= 11 is 0. The second kappa shape index (κ2) is 35.0. The monoisotopic (exact) mass is 1760 g/mol. The van der Waals surface area contributed by atoms with Gasteiger partial charge in [0.15, 0.2) is 0 Å². The van der Waals surface area contributed by atoms with E-state index in [-0.39, 0.29) is 0 Å². The molecule has 0 atom stereocenters. The minimum Gasteiger partial charge on any atom is -0.265 e. The molecule has 0 spiro atoms. The Balaban J connectivity index is 0.000000110. The zero-order valence-electron chi connectivity index (χ0n) is 74.1. The summed E-state index contributed by atoms with van der Waals surface area (Å²) in [6.45, 7) is 0. The first kappa shape index (κ1) is 81.1. The van der Waals surface area contributed by atoms with E-state index < -0.39 is 0 Å². The Bertz CT molecular complexity index is 8380. The molecule has 0 N–H and O–H groups in total. The molecular formula is C124H76N14. The number of benzene rings is 13. The number of para-hydroxylation sites is 3. The molecule has 14 heteroatoms. The predicted molar refractivity (Wildman–Crippen MR) is 564 cm³/mol. The molecule has 0 unspecified atom stereocenters. The lowest BCUT2D eigenvalue weighted by Crippen LogP contribution is -1.95. The molecule has 13 aromatic carbocycles. The van der Waals surface area contributed by atoms with E-state index in [0.29, 0.717) is 0 Å². The molecule has 0 amide bonds. The van der Waals surface area contributed by atoms with Crippen molar-refractivity contribution >= 4 is 130 Å². The summed E-state index contributed by atoms with van der Waals surface area (Å²) in [5, 5.41) is 16.5. The van der Waals surface area contributed by atoms with E-state index in [2.05, 4.69) is 299 Å². The van der Waals surface area contributed by atoms with Crippen LogP contribution in [0.1, 0.15) is 0 Å². The van der Waals surface area contributed by atoms with Gasteiger partial charge >= 0.3 is 0 Å². The molecule has 0 saturated heterocycles. The Morgan fingerprint density at radius 3 is 0.652 bits per heavy atom. The van der Waals surface area contributed by atoms with Gasteiger partial charge in [-0.1, -0.05) is 237 Å². The SMILES string of the molecule is c1ccc(-c2cc(-c3ccc(-c4nc5ccccc5c5c6cccnc6c6ncccc6c45)cc3)cc(-c3ccccc3)n2)cc1.c1ccc2c(c1)nc(-c1ccc(-c3cc(-c4ccncc4)cc(-c4ccncc4)c3)cc1)c1c3cccnc3c3ncccc3c21.c1cncc(-c2cc(-c3ccc(-c4nc5ccccc5c5c6cccnc6c6ncccc6c45)cc3)cc(-c3cccnc3)c2)c1. The summed E-state index contributed by atoms with van der Waals surface area (Å²) in [7, 11) is 0. The number of hydrogen-bond acceptors (Lipinski definition) is 14. The quantitative estimate of drug-likeness (QED) is 0.105. The van der Waals surface area contributed by atoms with Crippen LogP contribution < -0.4 is 0 Å². The van der Waals surface area contributed by atoms with Crippen LogP contribution in [0.3, 0.4) is 0 Å². The Kier molecular flexibility index (Phi) is 20.6. The largest absolute Gasteiger partial charge is 0.265 e. The van der Waals surface area contributed by atoms with Crippen LogP contribution in [0.25, 0.3) is 265 Å². The van der Waals surface area contributed by atoms with Gasteiger partial charge in [0.25, 0.3) is 0 Å². The van der Waals surface area contributed by atoms with Crippen LogP contribution in [0.15, 0.2) is 463 Å². The van der Waals surface area contributed by atoms with Gasteiger partial charge in [0.2, 0.25) is 0 Å². The van der Waals surface area contributed by atoms with E-state index in [1.165, 1.54) is 0 Å². The third-order valence-corrected chi connectivity index (χ3v) is 26.1. The summed E-state index contributed by atoms with van der Waals surface area (Å²) in [6, 6.07) is 131. The van der Waals surface area contributed by atoms with Crippen molar-refractivity contribution in [3.8, 4) is 134 Å². The molecule has 138 heavy (non-hydrogen) atoms. The lowest BCUT2D eigenvalue weighted by atomic mass is 9.91. The minimum absolute atomic E-state index is 0.885. The van der Waals surface area contributed by atoms with Gasteiger partial charge in [0, 0.05) is 206 Å². The van der Waals surface area contributed by atoms with Gasteiger partial charge in [0.1, 0.15) is 0 Å². The molecule has 0 fully saturated rings. The first-order valence-electron chi connectivity index (χ1n) is 45.8. The lowest BCUT2D eigenvalue weighted by molar-refractivity contribution is 1.32. The summed E-state index contributed by atoms with van der Waals surface area (Å²) in [4.78, 5) is 66.8. The zero-order valence-corrected chi connectivity index (χ0v) is 74.1. The molecule has 14 nitrogen and oxygen atoms in total. The first-order chi connectivity index (χ1) is 68.4. The maximum Gasteiger partial charge on any atom is 0.0971 e. The Labute approximate surface area is 791 Å². The highest BCUT2D eigenvalue weighted by molar-refractivity contribution is 6.35. The van der Waals surface area contributed by atoms with E-state index in [1.54, 1.807) is 12.4 Å². The fourth-order valence-corrected chi connectivity index (χ4v) is 19.7. The molecule has 0 bridgehead atoms. The van der Waals surface area contributed by atoms with Crippen LogP contribution in [0.4, 0.5) is 0 Å². The van der Waals surface area contributed by atoms with Gasteiger partial charge in [-0.3, -0.25) is 49.8 Å². The van der Waals surface area contributed by atoms with Gasteiger partial charge < -0.3 is 0 Å². The van der Waals surface area contributed by atoms with Crippen LogP contribution in [0, 0.1) is 0 Å². The highest BCUT2D eigenvalue weighted by Gasteiger charge is 2.25. The third-order valence-electron chi connectivity index (χ3n) is 26.1. The zero-order chi connectivity index (χ0) is 91.4. The average molecular weight is 1760 g/mol. The molecule has 0 radical (unpaired) electrons. The Morgan fingerprint density at radius 1 is 0.130 bits per heavy atom. The molecule has 0 aliphatic heterocycles. The highest BCUT2D eigenvalue weighted by atomic mass is 14.8. The maximum atomic E-state index is 5.28. The standard InChI is InChI=1S/C42H26N4.2C41H25N5/c1-3-11-28(12-4-1)36-25-31(26-37(45-36)29-13-5-2-6-14-29)27-19-21-30(22-20-27)40-39-34-17-10-24-44-42(34)41-33(16-9-23-43-41)38(39)32-15-7-8-18-35(32)46-40;1-2-12-36-33(9-1)37-34-10-5-19-44-40(34)41-35(11-6-20-45-41)38(37)39(46-36)27-15-13-26(14-16-27)30-21-31(28-7-3-17-42-24-28)23-32(22-30)29-8-4-18-43-25-29;1-2-8-36-33(5-1)37-34-6-3-17-44-40(34)41-35(7-4-18-45-41)38(37)39(46-36)29-11-9-26(10-12-29)30-23-31(27-13-19-42-20-14-27)25-32(24-30)28-15-21-43-22-16-28/h1-26H;2*1-25H. The Hall–Kier alpha value is -18.9. The summed E-state index contributed by atoms with van der Waals surface area (Å²) in [5.41, 5.74) is 33.9. The third kappa shape index (κ3) is 14.8. The number of aromatic nitrogens is 14. The highest BCUT2D eigenvalue weighted by Crippen LogP contribution is 2.48. The number of pyridine rings is 14. The van der Waals surface area contributed by atoms with Gasteiger partial charge in [-0.15, -0.1) is 0 Å². The van der Waals surface area contributed by atoms with Crippen molar-refractivity contribution in [2.75, 3.05) is 0 Å². The molecule has 14 heterocycles. The van der Waals surface area contributed by atoms with Crippen LogP contribution in [0.5, 0.6) is 0 Å². The molecule has 0 aliphatic rings. The fourth-order valence-electron chi connectivity index (χ4n) is 19.7. The van der Waals surface area contributed by atoms with E-state index in [0.717, 1.165) is 265 Å². The number of fused-ring (bicyclic) bond motifs is 24. The number of hydrogen-bond donors (Lipinski definition) is 0. The average Bonchev–Trinajstić information content (AvgIpc) is 0.723. The number of rotatable bonds is 12. The van der Waals surface area contributed by atoms with Crippen LogP contribution in [-0.2, 0) is 0 Å². The molecular weight excluding hydrogens is 1690 g/mol. The van der Waals surface area contributed by atoms with Crippen molar-refractivity contribution in [2.45, 2.75) is 0 Å². The normalized spacial score (nSPS) is 11.5. The van der Waals surface area contributed by atoms with E-state index in [4.69, 9.17) is 49.8 Å². The van der Waals surface area contributed by atoms with Crippen molar-refractivity contribution in [1.29, 1.82) is 0 Å². The van der Waals surface area contributed by atoms with Gasteiger partial charge in [-0.2, -0.15) is 0 Å². The van der Waals surface area contributed by atoms with Gasteiger partial charge in [-0.05, 0) is 206 Å². The minimum atomic E-state index is 0.885. The molecule has 27 aromatic rings. The molecule has 0 aliphatic carbocycles. The van der Waals surface area contributed by atoms with Crippen molar-refractivity contribution in [2.24, 2.45) is 0 Å². The van der Waals surface area contributed by atoms with Crippen molar-refractivity contribution < 1.29 is 0 Å². The van der Waals surface area contributed by atoms with Gasteiger partial charge in [0.05, 0.1) is 78.1 Å². The van der Waals surface area contributed by atoms with E-state index >= 15 is 0 Å². The first-order valence-corrected chi connectivity index (χ1v) is 45.8. The molecule has 14 aromatic heterocycles. The van der Waals surface area contributed by atoms with Crippen molar-refractivity contribution in [3.05, 3.63) is 463 Å². The summed E-state index contributed by atoms with van der Waals surface area (Å²) < 4.78 is 0. The van der Waals surface area contributed by atoms with Crippen LogP contribution >= 0.6 is 0 Å². The maximum absolute atomic E-state index is 5.28. The molecule has 0 saturated carbocycles. The fraction of sp³-hybridized carbons (Fsp3) is 0. The second-order valence-corrected chi connectivity index (χ2v) is 34.2. The smallest absolute Gasteiger partial charge is 0.0971 e. The summed E-state index contributed by atoms with van der Waals surface area (Å²) in [5.74, 6) is 0. The van der Waals surface area contributed by atoms with E-state index in [9.17, 15) is 0 Å². The molecule has 27 rings (SSSR count). The van der Waals surface area contributed by atoms with Crippen molar-refractivity contribution in [1.82, 2.24) is 69.8 Å². The van der Waals surface area contributed by atoms with E-state index in [1.807, 2.05) is 171 Å². The van der Waals surface area contributed by atoms with Crippen LogP contribution in [-0.4, -0.2) is 69.8 Å². The lowest BCUT2D eigenvalue weighted by Gasteiger charge is -2.16. The summed E-state index contributed by atoms with van der Waals surface area (Å²) in [6.07, 6.45) is 25.8. The van der Waals surface area contributed by atoms with Crippen molar-refractivity contribution in [3.63, 3.8) is 0 Å². The number of nitrogens with zero attached hydrogens (tertiary/aromatic N) is 14. The Morgan fingerprint density at radius 2 is 0.362 bits per heavy atom. The predicted octanol–water partition coefficient (Wildman–Crippen LogP) is 30.4. The molecule has 642 valence electrons. The topological polar surface area (TPSA) is 180 Å².